The summed E-state index contributed by atoms with van der Waals surface area (Å²) in [6, 6.07) is 26.3. The van der Waals surface area contributed by atoms with Crippen molar-refractivity contribution in [3.63, 3.8) is 0 Å². The average Bonchev–Trinajstić information content (AvgIpc) is 3.52. The number of ether oxygens (including phenoxy) is 1. The maximum atomic E-state index is 13.4. The Kier molecular flexibility index (Phi) is 8.36. The molecule has 2 fully saturated rings. The van der Waals surface area contributed by atoms with Crippen molar-refractivity contribution >= 4 is 34.2 Å². The first kappa shape index (κ1) is 31.9. The third-order valence-corrected chi connectivity index (χ3v) is 9.90. The zero-order valence-electron chi connectivity index (χ0n) is 26.7. The third-order valence-electron chi connectivity index (χ3n) is 9.31. The van der Waals surface area contributed by atoms with Gasteiger partial charge in [0.2, 0.25) is 0 Å². The van der Waals surface area contributed by atoms with Gasteiger partial charge in [0.05, 0.1) is 16.4 Å². The predicted molar refractivity (Wildman–Crippen MR) is 177 cm³/mol. The van der Waals surface area contributed by atoms with Crippen LogP contribution in [0.25, 0.3) is 0 Å². The van der Waals surface area contributed by atoms with Gasteiger partial charge in [-0.15, -0.1) is 0 Å². The van der Waals surface area contributed by atoms with Gasteiger partial charge in [-0.25, -0.2) is 4.79 Å². The largest absolute Gasteiger partial charge is 0.445 e. The van der Waals surface area contributed by atoms with E-state index < -0.39 is 22.2 Å². The summed E-state index contributed by atoms with van der Waals surface area (Å²) in [7, 11) is 0.430. The standard InChI is InChI=1S/C34H37N5O7Si/c1-32(2,3)33(24-10-6-4-7-11-24)22-38(34(33,46-47)25-12-8-5-9-13-25)30-36-28(21-44-30)29(40)37-18-26(19-37)35-31(41)45-20-23-14-16-27(17-15-23)39(42)43/h4-17,21,26H,18-20,22H2,1-3,47H3,(H,35,41). The number of hydrogen-bond donors (Lipinski definition) is 1. The highest BCUT2D eigenvalue weighted by atomic mass is 28.2. The molecule has 2 aliphatic heterocycles. The zero-order chi connectivity index (χ0) is 33.4. The number of nitrogens with zero attached hydrogens (tertiary/aromatic N) is 4. The lowest BCUT2D eigenvalue weighted by Gasteiger charge is -2.69. The molecule has 6 rings (SSSR count). The number of nitrogens with one attached hydrogen (secondary N) is 1. The summed E-state index contributed by atoms with van der Waals surface area (Å²) in [5, 5.41) is 13.6. The molecule has 0 spiro atoms. The van der Waals surface area contributed by atoms with Crippen molar-refractivity contribution in [3.05, 3.63) is 124 Å². The van der Waals surface area contributed by atoms with E-state index in [4.69, 9.17) is 13.6 Å². The lowest BCUT2D eigenvalue weighted by atomic mass is 9.50. The highest BCUT2D eigenvalue weighted by Gasteiger charge is 2.72. The smallest absolute Gasteiger partial charge is 0.407 e. The number of aromatic nitrogens is 1. The second-order valence-electron chi connectivity index (χ2n) is 12.9. The van der Waals surface area contributed by atoms with Gasteiger partial charge < -0.3 is 23.8 Å². The molecule has 4 aromatic rings. The first-order valence-corrected chi connectivity index (χ1v) is 16.2. The van der Waals surface area contributed by atoms with Gasteiger partial charge in [-0.1, -0.05) is 81.4 Å². The predicted octanol–water partition coefficient (Wildman–Crippen LogP) is 4.29. The number of carbonyl (C=O) groups excluding carboxylic acids is 2. The Morgan fingerprint density at radius 3 is 2.21 bits per heavy atom. The number of oxazole rings is 1. The van der Waals surface area contributed by atoms with Crippen LogP contribution in [-0.4, -0.2) is 63.0 Å². The third kappa shape index (κ3) is 5.44. The van der Waals surface area contributed by atoms with Crippen LogP contribution in [0.4, 0.5) is 16.5 Å². The van der Waals surface area contributed by atoms with Crippen LogP contribution in [0.3, 0.4) is 0 Å². The summed E-state index contributed by atoms with van der Waals surface area (Å²) in [5.74, 6) is -0.305. The number of anilines is 1. The maximum Gasteiger partial charge on any atom is 0.407 e. The van der Waals surface area contributed by atoms with Crippen LogP contribution < -0.4 is 10.2 Å². The zero-order valence-corrected chi connectivity index (χ0v) is 28.7. The van der Waals surface area contributed by atoms with Crippen molar-refractivity contribution in [3.8, 4) is 0 Å². The number of benzene rings is 3. The van der Waals surface area contributed by atoms with Crippen LogP contribution >= 0.6 is 0 Å². The number of amides is 2. The van der Waals surface area contributed by atoms with Gasteiger partial charge in [-0.05, 0) is 28.7 Å². The van der Waals surface area contributed by atoms with Gasteiger partial charge >= 0.3 is 12.1 Å². The summed E-state index contributed by atoms with van der Waals surface area (Å²) in [4.78, 5) is 44.3. The normalized spacial score (nSPS) is 21.1. The van der Waals surface area contributed by atoms with Crippen LogP contribution in [-0.2, 0) is 26.9 Å². The van der Waals surface area contributed by atoms with Crippen molar-refractivity contribution in [2.75, 3.05) is 24.5 Å². The molecule has 0 bridgehead atoms. The van der Waals surface area contributed by atoms with E-state index in [0.29, 0.717) is 28.6 Å². The Morgan fingerprint density at radius 2 is 1.64 bits per heavy atom. The van der Waals surface area contributed by atoms with Crippen LogP contribution in [0.15, 0.2) is 95.6 Å². The van der Waals surface area contributed by atoms with E-state index in [0.717, 1.165) is 11.1 Å². The second-order valence-corrected chi connectivity index (χ2v) is 13.3. The number of nitro groups is 1. The number of alkyl carbamates (subject to hydrolysis) is 1. The molecule has 13 heteroatoms. The van der Waals surface area contributed by atoms with E-state index in [9.17, 15) is 19.7 Å². The van der Waals surface area contributed by atoms with Crippen LogP contribution in [0.2, 0.25) is 0 Å². The molecule has 2 unspecified atom stereocenters. The Bertz CT molecular complexity index is 1760. The number of non-ortho nitro benzene ring substituents is 1. The first-order chi connectivity index (χ1) is 22.5. The molecule has 47 heavy (non-hydrogen) atoms. The molecule has 0 radical (unpaired) electrons. The Balaban J connectivity index is 1.14. The number of hydrogen-bond acceptors (Lipinski definition) is 9. The molecule has 3 aromatic carbocycles. The molecular formula is C34H37N5O7Si. The monoisotopic (exact) mass is 655 g/mol. The van der Waals surface area contributed by atoms with E-state index in [2.05, 4.69) is 55.3 Å². The van der Waals surface area contributed by atoms with E-state index in [1.165, 1.54) is 30.5 Å². The van der Waals surface area contributed by atoms with Gasteiger partial charge in [-0.2, -0.15) is 4.98 Å². The molecule has 2 aliphatic rings. The van der Waals surface area contributed by atoms with Gasteiger partial charge in [-0.3, -0.25) is 19.8 Å². The molecule has 2 atom stereocenters. The molecule has 2 amide bonds. The van der Waals surface area contributed by atoms with Crippen LogP contribution in [0.5, 0.6) is 0 Å². The Labute approximate surface area is 275 Å². The Hall–Kier alpha value is -5.01. The van der Waals surface area contributed by atoms with Crippen LogP contribution in [0, 0.1) is 15.5 Å². The average molecular weight is 656 g/mol. The SMILES string of the molecule is CC(C)(C)C1(c2ccccc2)CN(c2nc(C(=O)N3CC(NC(=O)OCc4ccc([N+](=O)[O-])cc4)C3)co2)C1(O[SiH3])c1ccccc1. The molecule has 2 saturated heterocycles. The van der Waals surface area contributed by atoms with E-state index in [1.807, 2.05) is 41.3 Å². The quantitative estimate of drug-likeness (QED) is 0.159. The second kappa shape index (κ2) is 12.3. The summed E-state index contributed by atoms with van der Waals surface area (Å²) in [6.45, 7) is 7.77. The topological polar surface area (TPSA) is 140 Å². The Morgan fingerprint density at radius 1 is 1.02 bits per heavy atom. The van der Waals surface area contributed by atoms with Gasteiger partial charge in [0.15, 0.2) is 11.4 Å². The molecule has 0 saturated carbocycles. The fourth-order valence-electron chi connectivity index (χ4n) is 6.91. The van der Waals surface area contributed by atoms with Crippen molar-refractivity contribution in [2.45, 2.75) is 44.6 Å². The van der Waals surface area contributed by atoms with Crippen molar-refractivity contribution in [2.24, 2.45) is 5.41 Å². The fourth-order valence-corrected chi connectivity index (χ4v) is 7.71. The highest BCUT2D eigenvalue weighted by Crippen LogP contribution is 2.64. The molecule has 0 aliphatic carbocycles. The van der Waals surface area contributed by atoms with E-state index in [-0.39, 0.29) is 48.4 Å². The molecule has 3 heterocycles. The number of rotatable bonds is 9. The van der Waals surface area contributed by atoms with E-state index >= 15 is 0 Å². The minimum absolute atomic E-state index is 0.0351. The molecule has 12 nitrogen and oxygen atoms in total. The summed E-state index contributed by atoms with van der Waals surface area (Å²) in [5.41, 5.74) is 1.25. The number of carbonyl (C=O) groups is 2. The van der Waals surface area contributed by atoms with E-state index in [1.54, 1.807) is 4.90 Å². The van der Waals surface area contributed by atoms with Gasteiger partial charge in [0.25, 0.3) is 11.6 Å². The van der Waals surface area contributed by atoms with Crippen molar-refractivity contribution < 1.29 is 28.1 Å². The van der Waals surface area contributed by atoms with Crippen molar-refractivity contribution in [1.29, 1.82) is 0 Å². The highest BCUT2D eigenvalue weighted by molar-refractivity contribution is 5.99. The first-order valence-electron chi connectivity index (χ1n) is 15.4. The molecule has 244 valence electrons. The maximum absolute atomic E-state index is 13.4. The summed E-state index contributed by atoms with van der Waals surface area (Å²) < 4.78 is 17.9. The summed E-state index contributed by atoms with van der Waals surface area (Å²) in [6.07, 6.45) is 0.738. The lowest BCUT2D eigenvalue weighted by Crippen LogP contribution is -2.80. The van der Waals surface area contributed by atoms with Crippen LogP contribution in [0.1, 0.15) is 48.0 Å². The van der Waals surface area contributed by atoms with Gasteiger partial charge in [0, 0.05) is 37.3 Å². The lowest BCUT2D eigenvalue weighted by molar-refractivity contribution is -0.384. The molecular weight excluding hydrogens is 618 g/mol. The number of nitro benzene ring substituents is 1. The number of likely N-dealkylation sites (tertiary alicyclic amines) is 1. The summed E-state index contributed by atoms with van der Waals surface area (Å²) >= 11 is 0. The fraction of sp³-hybridized carbons (Fsp3) is 0.324. The molecule has 1 aromatic heterocycles. The van der Waals surface area contributed by atoms with Crippen molar-refractivity contribution in [1.82, 2.24) is 15.2 Å². The minimum Gasteiger partial charge on any atom is -0.445 e. The minimum atomic E-state index is -0.925. The molecule has 1 N–H and O–H groups in total. The van der Waals surface area contributed by atoms with Gasteiger partial charge in [0.1, 0.15) is 23.4 Å².